The van der Waals surface area contributed by atoms with Gasteiger partial charge in [-0.3, -0.25) is 9.59 Å². The van der Waals surface area contributed by atoms with Gasteiger partial charge in [0.2, 0.25) is 15.7 Å². The normalized spacial score (nSPS) is 18.4. The molecular formula is C27H25NO5S. The molecule has 1 aliphatic heterocycles. The van der Waals surface area contributed by atoms with Crippen molar-refractivity contribution < 1.29 is 22.7 Å². The van der Waals surface area contributed by atoms with Crippen LogP contribution in [0.2, 0.25) is 0 Å². The van der Waals surface area contributed by atoms with Gasteiger partial charge in [-0.1, -0.05) is 78.4 Å². The van der Waals surface area contributed by atoms with Crippen LogP contribution < -0.4 is 5.32 Å². The highest BCUT2D eigenvalue weighted by molar-refractivity contribution is 7.95. The smallest absolute Gasteiger partial charge is 0.315 e. The highest BCUT2D eigenvalue weighted by Crippen LogP contribution is 2.43. The van der Waals surface area contributed by atoms with Gasteiger partial charge in [-0.15, -0.1) is 0 Å². The lowest BCUT2D eigenvalue weighted by Gasteiger charge is -2.34. The molecule has 34 heavy (non-hydrogen) atoms. The number of ether oxygens (including phenoxy) is 1. The van der Waals surface area contributed by atoms with Crippen molar-refractivity contribution in [3.63, 3.8) is 0 Å². The Hall–Kier alpha value is -3.71. The van der Waals surface area contributed by atoms with Crippen LogP contribution in [0.4, 0.5) is 0 Å². The van der Waals surface area contributed by atoms with Crippen LogP contribution in [0.25, 0.3) is 5.70 Å². The lowest BCUT2D eigenvalue weighted by atomic mass is 9.81. The molecule has 0 saturated carbocycles. The van der Waals surface area contributed by atoms with Crippen molar-refractivity contribution in [2.45, 2.75) is 24.7 Å². The number of hydrogen-bond acceptors (Lipinski definition) is 5. The Bertz CT molecular complexity index is 1330. The van der Waals surface area contributed by atoms with E-state index < -0.39 is 33.5 Å². The number of amides is 1. The average Bonchev–Trinajstić information content (AvgIpc) is 2.84. The molecule has 0 spiro atoms. The number of rotatable bonds is 6. The third-order valence-corrected chi connectivity index (χ3v) is 7.71. The van der Waals surface area contributed by atoms with E-state index in [4.69, 9.17) is 4.74 Å². The van der Waals surface area contributed by atoms with Crippen molar-refractivity contribution in [2.24, 2.45) is 5.92 Å². The molecular weight excluding hydrogens is 450 g/mol. The van der Waals surface area contributed by atoms with E-state index in [2.05, 4.69) is 5.32 Å². The Balaban J connectivity index is 2.04. The first kappa shape index (κ1) is 23.4. The Morgan fingerprint density at radius 2 is 1.50 bits per heavy atom. The first-order valence-electron chi connectivity index (χ1n) is 11.0. The quantitative estimate of drug-likeness (QED) is 0.539. The highest BCUT2D eigenvalue weighted by Gasteiger charge is 2.49. The van der Waals surface area contributed by atoms with Crippen LogP contribution in [0.3, 0.4) is 0 Å². The Kier molecular flexibility index (Phi) is 6.65. The van der Waals surface area contributed by atoms with Crippen molar-refractivity contribution in [3.8, 4) is 0 Å². The summed E-state index contributed by atoms with van der Waals surface area (Å²) in [6.45, 7) is 3.56. The van der Waals surface area contributed by atoms with Gasteiger partial charge in [0.1, 0.15) is 5.92 Å². The van der Waals surface area contributed by atoms with Crippen LogP contribution in [0, 0.1) is 12.8 Å². The lowest BCUT2D eigenvalue weighted by Crippen LogP contribution is -2.44. The fraction of sp³-hybridized carbons (Fsp3) is 0.185. The van der Waals surface area contributed by atoms with Gasteiger partial charge < -0.3 is 10.1 Å². The summed E-state index contributed by atoms with van der Waals surface area (Å²) in [7, 11) is -4.19. The second-order valence-electron chi connectivity index (χ2n) is 8.03. The molecule has 0 aromatic heterocycles. The molecule has 1 N–H and O–H groups in total. The number of carbonyl (C=O) groups is 2. The van der Waals surface area contributed by atoms with Crippen molar-refractivity contribution in [2.75, 3.05) is 6.61 Å². The van der Waals surface area contributed by atoms with E-state index in [0.717, 1.165) is 5.56 Å². The van der Waals surface area contributed by atoms with E-state index in [0.29, 0.717) is 11.1 Å². The summed E-state index contributed by atoms with van der Waals surface area (Å²) in [6.07, 6.45) is 0. The molecule has 0 fully saturated rings. The van der Waals surface area contributed by atoms with Gasteiger partial charge in [0.15, 0.2) is 0 Å². The zero-order valence-electron chi connectivity index (χ0n) is 18.9. The molecule has 1 heterocycles. The summed E-state index contributed by atoms with van der Waals surface area (Å²) >= 11 is 0. The van der Waals surface area contributed by atoms with E-state index in [1.807, 2.05) is 6.92 Å². The monoisotopic (exact) mass is 475 g/mol. The van der Waals surface area contributed by atoms with Crippen LogP contribution in [-0.2, 0) is 24.2 Å². The zero-order valence-corrected chi connectivity index (χ0v) is 19.7. The number of aryl methyl sites for hydroxylation is 1. The van der Waals surface area contributed by atoms with Crippen LogP contribution in [0.5, 0.6) is 0 Å². The second-order valence-corrected chi connectivity index (χ2v) is 9.95. The van der Waals surface area contributed by atoms with Gasteiger partial charge in [-0.05, 0) is 37.1 Å². The number of carbonyl (C=O) groups excluding carboxylic acids is 2. The van der Waals surface area contributed by atoms with Crippen LogP contribution >= 0.6 is 0 Å². The van der Waals surface area contributed by atoms with Gasteiger partial charge in [0.25, 0.3) is 0 Å². The predicted octanol–water partition coefficient (Wildman–Crippen LogP) is 4.23. The summed E-state index contributed by atoms with van der Waals surface area (Å²) in [6, 6.07) is 23.8. The molecule has 2 unspecified atom stereocenters. The van der Waals surface area contributed by atoms with Gasteiger partial charge in [0, 0.05) is 0 Å². The van der Waals surface area contributed by atoms with E-state index in [1.54, 1.807) is 79.7 Å². The molecule has 0 radical (unpaired) electrons. The average molecular weight is 476 g/mol. The SMILES string of the molecule is CCOC(=O)C1C(S(=O)(=O)c2ccc(C)cc2)=C(c2ccccc2)NC(=O)C1c1ccccc1. The van der Waals surface area contributed by atoms with Gasteiger partial charge in [-0.2, -0.15) is 0 Å². The number of nitrogens with one attached hydrogen (secondary N) is 1. The maximum atomic E-state index is 14.1. The van der Waals surface area contributed by atoms with Gasteiger partial charge in [-0.25, -0.2) is 8.42 Å². The van der Waals surface area contributed by atoms with Crippen molar-refractivity contribution >= 4 is 27.4 Å². The summed E-state index contributed by atoms with van der Waals surface area (Å²) < 4.78 is 33.5. The number of sulfone groups is 1. The van der Waals surface area contributed by atoms with Gasteiger partial charge >= 0.3 is 5.97 Å². The fourth-order valence-electron chi connectivity index (χ4n) is 4.17. The van der Waals surface area contributed by atoms with Crippen molar-refractivity contribution in [1.82, 2.24) is 5.32 Å². The minimum Gasteiger partial charge on any atom is -0.465 e. The molecule has 174 valence electrons. The van der Waals surface area contributed by atoms with Crippen LogP contribution in [0.1, 0.15) is 29.5 Å². The van der Waals surface area contributed by atoms with E-state index in [1.165, 1.54) is 12.1 Å². The molecule has 1 aliphatic rings. The maximum Gasteiger partial charge on any atom is 0.315 e. The van der Waals surface area contributed by atoms with Crippen molar-refractivity contribution in [1.29, 1.82) is 0 Å². The molecule has 0 aliphatic carbocycles. The fourth-order valence-corrected chi connectivity index (χ4v) is 5.92. The minimum atomic E-state index is -4.19. The Morgan fingerprint density at radius 3 is 2.09 bits per heavy atom. The Labute approximate surface area is 199 Å². The van der Waals surface area contributed by atoms with E-state index in [-0.39, 0.29) is 22.1 Å². The molecule has 4 rings (SSSR count). The molecule has 6 nitrogen and oxygen atoms in total. The summed E-state index contributed by atoms with van der Waals surface area (Å²) in [4.78, 5) is 26.6. The molecule has 3 aromatic rings. The van der Waals surface area contributed by atoms with E-state index >= 15 is 0 Å². The Morgan fingerprint density at radius 1 is 0.912 bits per heavy atom. The van der Waals surface area contributed by atoms with E-state index in [9.17, 15) is 18.0 Å². The molecule has 0 bridgehead atoms. The standard InChI is InChI=1S/C27H25NO5S/c1-3-33-27(30)23-22(19-10-6-4-7-11-19)26(29)28-24(20-12-8-5-9-13-20)25(23)34(31,32)21-16-14-18(2)15-17-21/h4-17,22-23H,3H2,1-2H3,(H,28,29). The molecule has 0 saturated heterocycles. The third-order valence-electron chi connectivity index (χ3n) is 5.78. The van der Waals surface area contributed by atoms with Crippen LogP contribution in [-0.4, -0.2) is 26.9 Å². The molecule has 2 atom stereocenters. The first-order valence-corrected chi connectivity index (χ1v) is 12.5. The predicted molar refractivity (Wildman–Crippen MR) is 129 cm³/mol. The third kappa shape index (κ3) is 4.39. The minimum absolute atomic E-state index is 0.0405. The second kappa shape index (κ2) is 9.65. The summed E-state index contributed by atoms with van der Waals surface area (Å²) in [5.74, 6) is -3.64. The highest BCUT2D eigenvalue weighted by atomic mass is 32.2. The topological polar surface area (TPSA) is 89.5 Å². The lowest BCUT2D eigenvalue weighted by molar-refractivity contribution is -0.149. The summed E-state index contributed by atoms with van der Waals surface area (Å²) in [5.41, 5.74) is 2.01. The number of benzene rings is 3. The first-order chi connectivity index (χ1) is 16.3. The van der Waals surface area contributed by atoms with Crippen LogP contribution in [0.15, 0.2) is 94.7 Å². The summed E-state index contributed by atoms with van der Waals surface area (Å²) in [5, 5.41) is 2.80. The molecule has 7 heteroatoms. The van der Waals surface area contributed by atoms with Crippen molar-refractivity contribution in [3.05, 3.63) is 107 Å². The zero-order chi connectivity index (χ0) is 24.3. The number of esters is 1. The molecule has 3 aromatic carbocycles. The number of hydrogen-bond donors (Lipinski definition) is 1. The molecule has 1 amide bonds. The maximum absolute atomic E-state index is 14.1. The van der Waals surface area contributed by atoms with Gasteiger partial charge in [0.05, 0.1) is 28.0 Å². The largest absolute Gasteiger partial charge is 0.465 e.